The number of aromatic nitrogens is 2. The Labute approximate surface area is 166 Å². The maximum absolute atomic E-state index is 5.48. The van der Waals surface area contributed by atoms with Gasteiger partial charge in [-0.25, -0.2) is 4.98 Å². The number of H-pyrrole nitrogens is 1. The van der Waals surface area contributed by atoms with Gasteiger partial charge in [0.1, 0.15) is 5.58 Å². The normalized spacial score (nSPS) is 20.0. The van der Waals surface area contributed by atoms with Gasteiger partial charge in [-0.15, -0.1) is 0 Å². The van der Waals surface area contributed by atoms with E-state index in [4.69, 9.17) is 9.40 Å². The van der Waals surface area contributed by atoms with Crippen LogP contribution in [-0.2, 0) is 18.5 Å². The van der Waals surface area contributed by atoms with Crippen LogP contribution in [0.2, 0.25) is 0 Å². The molecule has 2 aliphatic rings. The lowest BCUT2D eigenvalue weighted by atomic mass is 9.78. The summed E-state index contributed by atoms with van der Waals surface area (Å²) in [5.74, 6) is 0. The Morgan fingerprint density at radius 1 is 1.18 bits per heavy atom. The van der Waals surface area contributed by atoms with E-state index >= 15 is 0 Å². The quantitative estimate of drug-likeness (QED) is 0.719. The van der Waals surface area contributed by atoms with Crippen LogP contribution in [-0.4, -0.2) is 45.9 Å². The number of benzene rings is 1. The second-order valence-corrected chi connectivity index (χ2v) is 8.42. The number of hydrogen-bond acceptors (Lipinski definition) is 4. The molecule has 5 nitrogen and oxygen atoms in total. The highest BCUT2D eigenvalue weighted by Crippen LogP contribution is 2.42. The molecule has 0 amide bonds. The fourth-order valence-electron chi connectivity index (χ4n) is 5.20. The van der Waals surface area contributed by atoms with Crippen LogP contribution in [0.5, 0.6) is 0 Å². The molecule has 3 aromatic rings. The fraction of sp³-hybridized carbons (Fsp3) is 0.522. The van der Waals surface area contributed by atoms with E-state index in [0.29, 0.717) is 0 Å². The summed E-state index contributed by atoms with van der Waals surface area (Å²) in [7, 11) is 0. The standard InChI is InChI=1S/C23H30N4O/c1-2-3-10-27-11-6-20-22(25-17-24-20)23(27)8-12-26(13-9-23)16-18-4-5-21-19(15-18)7-14-28-21/h4-5,7,14-15,17H,2-3,6,8-13,16H2,1H3,(H,24,25). The molecule has 0 bridgehead atoms. The number of imidazole rings is 1. The van der Waals surface area contributed by atoms with Gasteiger partial charge in [0.05, 0.1) is 23.8 Å². The van der Waals surface area contributed by atoms with E-state index in [1.807, 2.05) is 6.33 Å². The van der Waals surface area contributed by atoms with E-state index in [-0.39, 0.29) is 5.54 Å². The van der Waals surface area contributed by atoms with E-state index in [1.165, 1.54) is 54.6 Å². The molecule has 0 atom stereocenters. The first-order valence-corrected chi connectivity index (χ1v) is 10.7. The molecule has 5 heteroatoms. The van der Waals surface area contributed by atoms with E-state index in [1.54, 1.807) is 6.26 Å². The summed E-state index contributed by atoms with van der Waals surface area (Å²) >= 11 is 0. The molecular formula is C23H30N4O. The number of nitrogens with zero attached hydrogens (tertiary/aromatic N) is 3. The third-order valence-corrected chi connectivity index (χ3v) is 6.78. The van der Waals surface area contributed by atoms with Crippen LogP contribution in [0, 0.1) is 0 Å². The van der Waals surface area contributed by atoms with Crippen LogP contribution < -0.4 is 0 Å². The second-order valence-electron chi connectivity index (χ2n) is 8.42. The Kier molecular flexibility index (Phi) is 4.73. The number of furan rings is 1. The van der Waals surface area contributed by atoms with Crippen molar-refractivity contribution in [3.63, 3.8) is 0 Å². The lowest BCUT2D eigenvalue weighted by Gasteiger charge is -2.50. The van der Waals surface area contributed by atoms with Crippen molar-refractivity contribution < 1.29 is 4.42 Å². The summed E-state index contributed by atoms with van der Waals surface area (Å²) < 4.78 is 5.48. The molecule has 1 spiro atoms. The SMILES string of the molecule is CCCCN1CCc2[nH]cnc2C12CCN(Cc1ccc3occc3c1)CC2. The summed E-state index contributed by atoms with van der Waals surface area (Å²) in [6, 6.07) is 8.62. The summed E-state index contributed by atoms with van der Waals surface area (Å²) in [4.78, 5) is 13.6. The minimum atomic E-state index is 0.133. The first kappa shape index (κ1) is 18.0. The minimum absolute atomic E-state index is 0.133. The molecule has 0 radical (unpaired) electrons. The molecule has 0 unspecified atom stereocenters. The number of nitrogens with one attached hydrogen (secondary N) is 1. The van der Waals surface area contributed by atoms with Gasteiger partial charge in [-0.05, 0) is 49.6 Å². The molecule has 2 aromatic heterocycles. The van der Waals surface area contributed by atoms with Gasteiger partial charge in [0.2, 0.25) is 0 Å². The van der Waals surface area contributed by atoms with Gasteiger partial charge in [-0.2, -0.15) is 0 Å². The molecule has 1 N–H and O–H groups in total. The second kappa shape index (κ2) is 7.37. The van der Waals surface area contributed by atoms with Gasteiger partial charge in [-0.3, -0.25) is 9.80 Å². The Morgan fingerprint density at radius 2 is 2.07 bits per heavy atom. The van der Waals surface area contributed by atoms with E-state index in [2.05, 4.69) is 46.0 Å². The number of fused-ring (bicyclic) bond motifs is 3. The van der Waals surface area contributed by atoms with Crippen LogP contribution >= 0.6 is 0 Å². The maximum Gasteiger partial charge on any atom is 0.133 e. The number of piperidine rings is 1. The zero-order valence-electron chi connectivity index (χ0n) is 16.8. The van der Waals surface area contributed by atoms with Crippen LogP contribution in [0.4, 0.5) is 0 Å². The van der Waals surface area contributed by atoms with Crippen molar-refractivity contribution in [2.75, 3.05) is 26.2 Å². The number of rotatable bonds is 5. The van der Waals surface area contributed by atoms with Crippen molar-refractivity contribution in [2.45, 2.75) is 51.1 Å². The van der Waals surface area contributed by atoms with Gasteiger partial charge in [-0.1, -0.05) is 19.4 Å². The maximum atomic E-state index is 5.48. The Morgan fingerprint density at radius 3 is 2.93 bits per heavy atom. The van der Waals surface area contributed by atoms with Gasteiger partial charge < -0.3 is 9.40 Å². The van der Waals surface area contributed by atoms with Crippen LogP contribution in [0.3, 0.4) is 0 Å². The number of hydrogen-bond donors (Lipinski definition) is 1. The Bertz CT molecular complexity index is 935. The summed E-state index contributed by atoms with van der Waals surface area (Å²) in [5, 5.41) is 1.20. The fourth-order valence-corrected chi connectivity index (χ4v) is 5.20. The largest absolute Gasteiger partial charge is 0.464 e. The molecule has 0 saturated carbocycles. The van der Waals surface area contributed by atoms with Gasteiger partial charge >= 0.3 is 0 Å². The van der Waals surface area contributed by atoms with Crippen molar-refractivity contribution in [1.82, 2.24) is 19.8 Å². The Hall–Kier alpha value is -2.11. The molecular weight excluding hydrogens is 348 g/mol. The van der Waals surface area contributed by atoms with Crippen molar-refractivity contribution >= 4 is 11.0 Å². The van der Waals surface area contributed by atoms with Crippen LogP contribution in [0.1, 0.15) is 49.6 Å². The molecule has 148 valence electrons. The van der Waals surface area contributed by atoms with Crippen molar-refractivity contribution in [2.24, 2.45) is 0 Å². The molecule has 28 heavy (non-hydrogen) atoms. The van der Waals surface area contributed by atoms with Crippen molar-refractivity contribution in [3.05, 3.63) is 53.8 Å². The molecule has 4 heterocycles. The average Bonchev–Trinajstić information content (AvgIpc) is 3.38. The van der Waals surface area contributed by atoms with E-state index in [9.17, 15) is 0 Å². The summed E-state index contributed by atoms with van der Waals surface area (Å²) in [6.45, 7) is 7.90. The summed E-state index contributed by atoms with van der Waals surface area (Å²) in [5.41, 5.74) is 5.17. The van der Waals surface area contributed by atoms with Crippen LogP contribution in [0.15, 0.2) is 41.3 Å². The molecule has 2 aliphatic heterocycles. The summed E-state index contributed by atoms with van der Waals surface area (Å²) in [6.07, 6.45) is 9.65. The Balaban J connectivity index is 1.32. The lowest BCUT2D eigenvalue weighted by Crippen LogP contribution is -2.56. The van der Waals surface area contributed by atoms with E-state index < -0.39 is 0 Å². The number of unbranched alkanes of at least 4 members (excludes halogenated alkanes) is 1. The third-order valence-electron chi connectivity index (χ3n) is 6.78. The average molecular weight is 379 g/mol. The van der Waals surface area contributed by atoms with Gasteiger partial charge in [0, 0.05) is 43.7 Å². The van der Waals surface area contributed by atoms with E-state index in [0.717, 1.165) is 38.2 Å². The first-order chi connectivity index (χ1) is 13.8. The highest BCUT2D eigenvalue weighted by molar-refractivity contribution is 5.77. The van der Waals surface area contributed by atoms with Crippen molar-refractivity contribution in [1.29, 1.82) is 0 Å². The predicted octanol–water partition coefficient (Wildman–Crippen LogP) is 4.31. The highest BCUT2D eigenvalue weighted by Gasteiger charge is 2.46. The first-order valence-electron chi connectivity index (χ1n) is 10.7. The van der Waals surface area contributed by atoms with Crippen molar-refractivity contribution in [3.8, 4) is 0 Å². The molecule has 1 saturated heterocycles. The zero-order valence-corrected chi connectivity index (χ0v) is 16.8. The zero-order chi connectivity index (χ0) is 19.0. The van der Waals surface area contributed by atoms with Gasteiger partial charge in [0.25, 0.3) is 0 Å². The highest BCUT2D eigenvalue weighted by atomic mass is 16.3. The number of likely N-dealkylation sites (tertiary alicyclic amines) is 1. The predicted molar refractivity (Wildman–Crippen MR) is 111 cm³/mol. The molecule has 5 rings (SSSR count). The van der Waals surface area contributed by atoms with Gasteiger partial charge in [0.15, 0.2) is 0 Å². The lowest BCUT2D eigenvalue weighted by molar-refractivity contribution is 0.00266. The minimum Gasteiger partial charge on any atom is -0.464 e. The molecule has 1 aromatic carbocycles. The molecule has 1 fully saturated rings. The van der Waals surface area contributed by atoms with Crippen LogP contribution in [0.25, 0.3) is 11.0 Å². The third kappa shape index (κ3) is 3.07. The monoisotopic (exact) mass is 378 g/mol. The molecule has 0 aliphatic carbocycles. The smallest absolute Gasteiger partial charge is 0.133 e. The number of aromatic amines is 1. The topological polar surface area (TPSA) is 48.3 Å².